The summed E-state index contributed by atoms with van der Waals surface area (Å²) < 4.78 is 1.68. The first-order valence-corrected chi connectivity index (χ1v) is 12.5. The number of rotatable bonds is 8. The molecule has 6 rings (SSSR count). The molecule has 4 aromatic rings. The van der Waals surface area contributed by atoms with Crippen molar-refractivity contribution >= 4 is 40.1 Å². The maximum absolute atomic E-state index is 12.9. The Labute approximate surface area is 214 Å². The lowest BCUT2D eigenvalue weighted by atomic mass is 10.2. The number of amides is 1. The molecule has 4 aromatic heterocycles. The van der Waals surface area contributed by atoms with Gasteiger partial charge in [-0.3, -0.25) is 14.7 Å². The molecule has 1 spiro atoms. The van der Waals surface area contributed by atoms with Gasteiger partial charge in [0.2, 0.25) is 5.95 Å². The minimum absolute atomic E-state index is 0.130. The summed E-state index contributed by atoms with van der Waals surface area (Å²) in [6.07, 6.45) is 13.2. The van der Waals surface area contributed by atoms with Crippen molar-refractivity contribution in [2.24, 2.45) is 7.05 Å². The van der Waals surface area contributed by atoms with E-state index in [1.54, 1.807) is 29.5 Å². The van der Waals surface area contributed by atoms with Crippen LogP contribution in [0.15, 0.2) is 37.2 Å². The lowest BCUT2D eigenvalue weighted by Gasteiger charge is -2.23. The minimum Gasteiger partial charge on any atom is -0.351 e. The van der Waals surface area contributed by atoms with Gasteiger partial charge in [0, 0.05) is 38.1 Å². The van der Waals surface area contributed by atoms with Crippen LogP contribution in [0, 0.1) is 6.92 Å². The summed E-state index contributed by atoms with van der Waals surface area (Å²) in [7, 11) is 1.82. The third kappa shape index (κ3) is 4.67. The lowest BCUT2D eigenvalue weighted by Crippen LogP contribution is -2.38. The molecule has 1 aliphatic carbocycles. The highest BCUT2D eigenvalue weighted by Gasteiger charge is 2.50. The van der Waals surface area contributed by atoms with Crippen LogP contribution in [0.3, 0.4) is 0 Å². The molecule has 0 aromatic carbocycles. The van der Waals surface area contributed by atoms with E-state index in [1.807, 2.05) is 20.0 Å². The number of aryl methyl sites for hydroxylation is 2. The van der Waals surface area contributed by atoms with Crippen molar-refractivity contribution in [3.05, 3.63) is 48.4 Å². The van der Waals surface area contributed by atoms with E-state index in [0.717, 1.165) is 24.2 Å². The number of nitrogens with zero attached hydrogens (tertiary/aromatic N) is 8. The molecule has 1 saturated carbocycles. The van der Waals surface area contributed by atoms with E-state index in [1.165, 1.54) is 32.0 Å². The molecule has 2 aliphatic rings. The number of hydrogen-bond donors (Lipinski definition) is 3. The average Bonchev–Trinajstić information content (AvgIpc) is 3.49. The van der Waals surface area contributed by atoms with Crippen molar-refractivity contribution in [1.29, 1.82) is 0 Å². The summed E-state index contributed by atoms with van der Waals surface area (Å²) in [4.78, 5) is 36.8. The summed E-state index contributed by atoms with van der Waals surface area (Å²) in [6, 6.07) is 1.81. The van der Waals surface area contributed by atoms with Gasteiger partial charge >= 0.3 is 0 Å². The van der Waals surface area contributed by atoms with Gasteiger partial charge in [-0.15, -0.1) is 0 Å². The average molecular weight is 500 g/mol. The summed E-state index contributed by atoms with van der Waals surface area (Å²) in [6.45, 7) is 4.54. The predicted molar refractivity (Wildman–Crippen MR) is 139 cm³/mol. The Morgan fingerprint density at radius 1 is 1.08 bits per heavy atom. The number of carbonyl (C=O) groups is 1. The number of likely N-dealkylation sites (tertiary alicyclic amines) is 1. The van der Waals surface area contributed by atoms with Gasteiger partial charge in [0.1, 0.15) is 6.33 Å². The van der Waals surface area contributed by atoms with E-state index in [2.05, 4.69) is 50.9 Å². The highest BCUT2D eigenvalue weighted by atomic mass is 16.1. The molecule has 3 N–H and O–H groups in total. The van der Waals surface area contributed by atoms with E-state index in [-0.39, 0.29) is 5.91 Å². The van der Waals surface area contributed by atoms with Crippen LogP contribution < -0.4 is 16.0 Å². The molecule has 37 heavy (non-hydrogen) atoms. The Kier molecular flexibility index (Phi) is 5.87. The smallest absolute Gasteiger partial charge is 0.252 e. The Morgan fingerprint density at radius 2 is 1.92 bits per heavy atom. The SMILES string of the molecule is Cc1ncc(C(=O)NCCN2CCCC23CC3)cc1Nc1nn(C)c2nc(Nc3cncnc3)ncc12. The predicted octanol–water partition coefficient (Wildman–Crippen LogP) is 2.70. The molecular weight excluding hydrogens is 470 g/mol. The molecular formula is C25H29N11O. The van der Waals surface area contributed by atoms with Crippen molar-refractivity contribution in [1.82, 2.24) is 44.9 Å². The largest absolute Gasteiger partial charge is 0.351 e. The molecule has 0 bridgehead atoms. The van der Waals surface area contributed by atoms with Gasteiger partial charge in [-0.2, -0.15) is 10.1 Å². The van der Waals surface area contributed by atoms with E-state index in [0.29, 0.717) is 46.4 Å². The fourth-order valence-electron chi connectivity index (χ4n) is 5.05. The molecule has 5 heterocycles. The molecule has 2 fully saturated rings. The second-order valence-electron chi connectivity index (χ2n) is 9.71. The second-order valence-corrected chi connectivity index (χ2v) is 9.71. The Hall–Kier alpha value is -4.19. The zero-order valence-electron chi connectivity index (χ0n) is 20.9. The number of fused-ring (bicyclic) bond motifs is 1. The number of carbonyl (C=O) groups excluding carboxylic acids is 1. The zero-order valence-corrected chi connectivity index (χ0v) is 20.9. The molecule has 12 heteroatoms. The number of pyridine rings is 1. The normalized spacial score (nSPS) is 16.3. The highest BCUT2D eigenvalue weighted by Crippen LogP contribution is 2.49. The quantitative estimate of drug-likeness (QED) is 0.332. The van der Waals surface area contributed by atoms with Gasteiger partial charge in [0.25, 0.3) is 5.91 Å². The van der Waals surface area contributed by atoms with Crippen LogP contribution in [0.5, 0.6) is 0 Å². The fourth-order valence-corrected chi connectivity index (χ4v) is 5.05. The Morgan fingerprint density at radius 3 is 2.73 bits per heavy atom. The molecule has 1 saturated heterocycles. The van der Waals surface area contributed by atoms with Crippen molar-refractivity contribution in [2.45, 2.75) is 38.1 Å². The van der Waals surface area contributed by atoms with Gasteiger partial charge in [-0.05, 0) is 45.2 Å². The van der Waals surface area contributed by atoms with E-state index in [4.69, 9.17) is 0 Å². The maximum Gasteiger partial charge on any atom is 0.252 e. The minimum atomic E-state index is -0.130. The topological polar surface area (TPSA) is 139 Å². The molecule has 0 atom stereocenters. The molecule has 0 radical (unpaired) electrons. The molecule has 1 aliphatic heterocycles. The first-order valence-electron chi connectivity index (χ1n) is 12.5. The lowest BCUT2D eigenvalue weighted by molar-refractivity contribution is 0.0945. The summed E-state index contributed by atoms with van der Waals surface area (Å²) in [5.74, 6) is 0.864. The fraction of sp³-hybridized carbons (Fsp3) is 0.400. The van der Waals surface area contributed by atoms with Crippen LogP contribution in [0.1, 0.15) is 41.7 Å². The standard InChI is InChI=1S/C25H29N11O/c1-16-20(10-17(11-29-16)23(37)28-7-9-36-8-3-4-25(36)5-6-25)32-21-19-14-30-24(33-22(19)35(2)34-21)31-18-12-26-15-27-13-18/h10-15H,3-9H2,1-2H3,(H,28,37)(H,32,34)(H,30,31,33). The first kappa shape index (κ1) is 23.2. The van der Waals surface area contributed by atoms with Crippen molar-refractivity contribution in [3.63, 3.8) is 0 Å². The number of aromatic nitrogens is 7. The zero-order chi connectivity index (χ0) is 25.4. The highest BCUT2D eigenvalue weighted by molar-refractivity contribution is 5.96. The molecule has 0 unspecified atom stereocenters. The van der Waals surface area contributed by atoms with E-state index in [9.17, 15) is 4.79 Å². The van der Waals surface area contributed by atoms with Gasteiger partial charge in [0.05, 0.1) is 40.4 Å². The molecule has 1 amide bonds. The van der Waals surface area contributed by atoms with Gasteiger partial charge < -0.3 is 16.0 Å². The van der Waals surface area contributed by atoms with Crippen molar-refractivity contribution < 1.29 is 4.79 Å². The monoisotopic (exact) mass is 499 g/mol. The number of hydrogen-bond acceptors (Lipinski definition) is 10. The van der Waals surface area contributed by atoms with Gasteiger partial charge in [-0.1, -0.05) is 0 Å². The summed E-state index contributed by atoms with van der Waals surface area (Å²) in [5.41, 5.74) is 3.73. The molecule has 12 nitrogen and oxygen atoms in total. The van der Waals surface area contributed by atoms with Crippen molar-refractivity contribution in [2.75, 3.05) is 30.3 Å². The number of anilines is 4. The summed E-state index contributed by atoms with van der Waals surface area (Å²) >= 11 is 0. The Bertz CT molecular complexity index is 1450. The van der Waals surface area contributed by atoms with Crippen molar-refractivity contribution in [3.8, 4) is 0 Å². The third-order valence-corrected chi connectivity index (χ3v) is 7.23. The van der Waals surface area contributed by atoms with Crippen LogP contribution in [0.4, 0.5) is 23.1 Å². The summed E-state index contributed by atoms with van der Waals surface area (Å²) in [5, 5.41) is 14.8. The van der Waals surface area contributed by atoms with Gasteiger partial charge in [-0.25, -0.2) is 19.6 Å². The van der Waals surface area contributed by atoms with E-state index >= 15 is 0 Å². The first-order chi connectivity index (χ1) is 18.0. The molecule has 190 valence electrons. The van der Waals surface area contributed by atoms with Crippen LogP contribution >= 0.6 is 0 Å². The Balaban J connectivity index is 1.15. The third-order valence-electron chi connectivity index (χ3n) is 7.23. The van der Waals surface area contributed by atoms with E-state index < -0.39 is 0 Å². The van der Waals surface area contributed by atoms with Gasteiger partial charge in [0.15, 0.2) is 11.5 Å². The van der Waals surface area contributed by atoms with Crippen LogP contribution in [0.25, 0.3) is 11.0 Å². The number of nitrogens with one attached hydrogen (secondary N) is 3. The maximum atomic E-state index is 12.9. The van der Waals surface area contributed by atoms with Crippen LogP contribution in [-0.4, -0.2) is 70.7 Å². The van der Waals surface area contributed by atoms with Crippen LogP contribution in [-0.2, 0) is 7.05 Å². The van der Waals surface area contributed by atoms with Crippen LogP contribution in [0.2, 0.25) is 0 Å². The second kappa shape index (κ2) is 9.36.